The molecule has 5 aromatic rings. The summed E-state index contributed by atoms with van der Waals surface area (Å²) >= 11 is 0. The molecule has 4 aromatic carbocycles. The van der Waals surface area contributed by atoms with Gasteiger partial charge in [0.25, 0.3) is 0 Å². The number of para-hydroxylation sites is 1. The zero-order chi connectivity index (χ0) is 18.9. The Hall–Kier alpha value is -3.99. The standard InChI is InChI=1S/C23H16N4O/c28-23-13-10-16-6-4-5-9-19(16)20(23)15-24-17-11-12-21-22(14-17)26-27(25-21)18-7-2-1-3-8-18/h1-15,28H. The highest BCUT2D eigenvalue weighted by atomic mass is 16.3. The van der Waals surface area contributed by atoms with Crippen molar-refractivity contribution in [3.63, 3.8) is 0 Å². The number of phenols is 1. The monoisotopic (exact) mass is 364 g/mol. The predicted molar refractivity (Wildman–Crippen MR) is 112 cm³/mol. The van der Waals surface area contributed by atoms with Crippen molar-refractivity contribution in [2.75, 3.05) is 0 Å². The Kier molecular flexibility index (Phi) is 3.84. The van der Waals surface area contributed by atoms with Gasteiger partial charge in [0.05, 0.1) is 11.4 Å². The zero-order valence-corrected chi connectivity index (χ0v) is 14.9. The number of aromatic nitrogens is 3. The second kappa shape index (κ2) is 6.63. The lowest BCUT2D eigenvalue weighted by molar-refractivity contribution is 0.475. The molecule has 1 aromatic heterocycles. The van der Waals surface area contributed by atoms with Crippen molar-refractivity contribution in [1.82, 2.24) is 15.0 Å². The van der Waals surface area contributed by atoms with Crippen LogP contribution in [0, 0.1) is 0 Å². The maximum Gasteiger partial charge on any atom is 0.124 e. The van der Waals surface area contributed by atoms with Crippen molar-refractivity contribution >= 4 is 33.7 Å². The van der Waals surface area contributed by atoms with Crippen LogP contribution in [0.15, 0.2) is 89.9 Å². The number of fused-ring (bicyclic) bond motifs is 2. The predicted octanol–water partition coefficient (Wildman–Crippen LogP) is 5.03. The fraction of sp³-hybridized carbons (Fsp3) is 0. The van der Waals surface area contributed by atoms with Gasteiger partial charge in [0, 0.05) is 11.8 Å². The van der Waals surface area contributed by atoms with Crippen LogP contribution in [0.3, 0.4) is 0 Å². The number of aromatic hydroxyl groups is 1. The van der Waals surface area contributed by atoms with E-state index in [0.29, 0.717) is 5.56 Å². The molecule has 5 rings (SSSR count). The SMILES string of the molecule is Oc1ccc2ccccc2c1C=Nc1ccc2nn(-c3ccccc3)nc2c1. The summed E-state index contributed by atoms with van der Waals surface area (Å²) in [6, 6.07) is 27.0. The fourth-order valence-electron chi connectivity index (χ4n) is 3.22. The number of phenolic OH excluding ortho intramolecular Hbond substituents is 1. The van der Waals surface area contributed by atoms with Crippen LogP contribution in [0.25, 0.3) is 27.5 Å². The summed E-state index contributed by atoms with van der Waals surface area (Å²) in [4.78, 5) is 6.18. The average Bonchev–Trinajstić information content (AvgIpc) is 3.17. The van der Waals surface area contributed by atoms with Crippen LogP contribution in [-0.2, 0) is 0 Å². The molecular formula is C23H16N4O. The van der Waals surface area contributed by atoms with Crippen molar-refractivity contribution in [2.45, 2.75) is 0 Å². The van der Waals surface area contributed by atoms with Gasteiger partial charge in [0.2, 0.25) is 0 Å². The quantitative estimate of drug-likeness (QED) is 0.457. The maximum absolute atomic E-state index is 10.3. The van der Waals surface area contributed by atoms with Gasteiger partial charge >= 0.3 is 0 Å². The second-order valence-corrected chi connectivity index (χ2v) is 6.48. The van der Waals surface area contributed by atoms with Crippen molar-refractivity contribution in [3.05, 3.63) is 90.5 Å². The summed E-state index contributed by atoms with van der Waals surface area (Å²) < 4.78 is 0. The van der Waals surface area contributed by atoms with Crippen LogP contribution >= 0.6 is 0 Å². The Morgan fingerprint density at radius 3 is 2.46 bits per heavy atom. The van der Waals surface area contributed by atoms with Crippen molar-refractivity contribution in [3.8, 4) is 11.4 Å². The number of rotatable bonds is 3. The third-order valence-electron chi connectivity index (χ3n) is 4.64. The molecule has 5 nitrogen and oxygen atoms in total. The molecular weight excluding hydrogens is 348 g/mol. The van der Waals surface area contributed by atoms with Gasteiger partial charge < -0.3 is 5.11 Å². The molecule has 28 heavy (non-hydrogen) atoms. The highest BCUT2D eigenvalue weighted by Crippen LogP contribution is 2.27. The molecule has 0 aliphatic rings. The van der Waals surface area contributed by atoms with Crippen LogP contribution in [0.5, 0.6) is 5.75 Å². The van der Waals surface area contributed by atoms with E-state index in [1.165, 1.54) is 0 Å². The number of nitrogens with zero attached hydrogens (tertiary/aromatic N) is 4. The highest BCUT2D eigenvalue weighted by molar-refractivity contribution is 6.03. The van der Waals surface area contributed by atoms with E-state index >= 15 is 0 Å². The summed E-state index contributed by atoms with van der Waals surface area (Å²) in [5, 5.41) is 21.3. The first-order valence-electron chi connectivity index (χ1n) is 8.95. The van der Waals surface area contributed by atoms with E-state index in [4.69, 9.17) is 0 Å². The van der Waals surface area contributed by atoms with Gasteiger partial charge in [-0.15, -0.1) is 10.2 Å². The summed E-state index contributed by atoms with van der Waals surface area (Å²) in [6.45, 7) is 0. The summed E-state index contributed by atoms with van der Waals surface area (Å²) in [6.07, 6.45) is 1.69. The Morgan fingerprint density at radius 1 is 0.786 bits per heavy atom. The summed E-state index contributed by atoms with van der Waals surface area (Å²) in [5.41, 5.74) is 3.92. The minimum absolute atomic E-state index is 0.207. The number of hydrogen-bond acceptors (Lipinski definition) is 4. The molecule has 0 saturated heterocycles. The van der Waals surface area contributed by atoms with Crippen molar-refractivity contribution in [2.24, 2.45) is 4.99 Å². The van der Waals surface area contributed by atoms with Gasteiger partial charge in [0.15, 0.2) is 0 Å². The number of aliphatic imine (C=N–C) groups is 1. The summed E-state index contributed by atoms with van der Waals surface area (Å²) in [7, 11) is 0. The molecule has 5 heteroatoms. The van der Waals surface area contributed by atoms with E-state index in [0.717, 1.165) is 33.2 Å². The van der Waals surface area contributed by atoms with Gasteiger partial charge in [-0.3, -0.25) is 4.99 Å². The van der Waals surface area contributed by atoms with Crippen LogP contribution in [0.2, 0.25) is 0 Å². The third kappa shape index (κ3) is 2.89. The van der Waals surface area contributed by atoms with E-state index in [2.05, 4.69) is 15.2 Å². The van der Waals surface area contributed by atoms with Gasteiger partial charge in [-0.25, -0.2) is 0 Å². The number of benzene rings is 4. The molecule has 0 radical (unpaired) electrons. The average molecular weight is 364 g/mol. The van der Waals surface area contributed by atoms with Crippen LogP contribution < -0.4 is 0 Å². The van der Waals surface area contributed by atoms with Crippen LogP contribution in [-0.4, -0.2) is 26.3 Å². The van der Waals surface area contributed by atoms with Gasteiger partial charge in [-0.1, -0.05) is 48.5 Å². The normalized spacial score (nSPS) is 11.6. The van der Waals surface area contributed by atoms with Crippen LogP contribution in [0.4, 0.5) is 5.69 Å². The van der Waals surface area contributed by atoms with Crippen molar-refractivity contribution < 1.29 is 5.11 Å². The van der Waals surface area contributed by atoms with E-state index in [1.54, 1.807) is 17.1 Å². The lowest BCUT2D eigenvalue weighted by Crippen LogP contribution is -1.97. The van der Waals surface area contributed by atoms with E-state index in [9.17, 15) is 5.11 Å². The Balaban J connectivity index is 1.53. The number of hydrogen-bond donors (Lipinski definition) is 1. The van der Waals surface area contributed by atoms with Gasteiger partial charge in [-0.05, 0) is 47.2 Å². The lowest BCUT2D eigenvalue weighted by Gasteiger charge is -2.04. The molecule has 134 valence electrons. The van der Waals surface area contributed by atoms with Crippen LogP contribution in [0.1, 0.15) is 5.56 Å². The zero-order valence-electron chi connectivity index (χ0n) is 14.9. The Morgan fingerprint density at radius 2 is 1.57 bits per heavy atom. The first kappa shape index (κ1) is 16.2. The van der Waals surface area contributed by atoms with E-state index in [-0.39, 0.29) is 5.75 Å². The smallest absolute Gasteiger partial charge is 0.124 e. The molecule has 0 aliphatic carbocycles. The second-order valence-electron chi connectivity index (χ2n) is 6.48. The topological polar surface area (TPSA) is 63.3 Å². The largest absolute Gasteiger partial charge is 0.507 e. The lowest BCUT2D eigenvalue weighted by atomic mass is 10.0. The Bertz CT molecular complexity index is 1320. The minimum atomic E-state index is 0.207. The molecule has 0 aliphatic heterocycles. The van der Waals surface area contributed by atoms with Crippen molar-refractivity contribution in [1.29, 1.82) is 0 Å². The molecule has 0 unspecified atom stereocenters. The molecule has 0 saturated carbocycles. The Labute approximate surface area is 161 Å². The third-order valence-corrected chi connectivity index (χ3v) is 4.64. The highest BCUT2D eigenvalue weighted by Gasteiger charge is 2.07. The molecule has 0 atom stereocenters. The fourth-order valence-corrected chi connectivity index (χ4v) is 3.22. The van der Waals surface area contributed by atoms with E-state index < -0.39 is 0 Å². The first-order valence-corrected chi connectivity index (χ1v) is 8.95. The van der Waals surface area contributed by atoms with Gasteiger partial charge in [0.1, 0.15) is 16.8 Å². The molecule has 0 amide bonds. The minimum Gasteiger partial charge on any atom is -0.507 e. The first-order chi connectivity index (χ1) is 13.8. The summed E-state index contributed by atoms with van der Waals surface area (Å²) in [5.74, 6) is 0.207. The molecule has 0 bridgehead atoms. The van der Waals surface area contributed by atoms with E-state index in [1.807, 2.05) is 78.9 Å². The van der Waals surface area contributed by atoms with Gasteiger partial charge in [-0.2, -0.15) is 4.80 Å². The molecule has 0 fully saturated rings. The maximum atomic E-state index is 10.3. The molecule has 0 spiro atoms. The molecule has 1 N–H and O–H groups in total. The molecule has 1 heterocycles.